The van der Waals surface area contributed by atoms with Gasteiger partial charge in [0.25, 0.3) is 5.91 Å². The molecule has 0 saturated heterocycles. The second kappa shape index (κ2) is 8.68. The molecule has 1 atom stereocenters. The lowest BCUT2D eigenvalue weighted by Gasteiger charge is -2.13. The Labute approximate surface area is 145 Å². The van der Waals surface area contributed by atoms with Crippen LogP contribution in [0.2, 0.25) is 0 Å². The fraction of sp³-hybridized carbons (Fsp3) is 0.222. The number of amides is 1. The van der Waals surface area contributed by atoms with Gasteiger partial charge in [-0.25, -0.2) is 9.82 Å². The third-order valence-electron chi connectivity index (χ3n) is 3.44. The average Bonchev–Trinajstić information content (AvgIpc) is 2.63. The Hall–Kier alpha value is -3.09. The molecule has 0 aliphatic rings. The number of hydrazone groups is 1. The van der Waals surface area contributed by atoms with Crippen molar-refractivity contribution in [1.82, 2.24) is 5.43 Å². The summed E-state index contributed by atoms with van der Waals surface area (Å²) in [5.41, 5.74) is 3.79. The molecule has 2 aromatic rings. The summed E-state index contributed by atoms with van der Waals surface area (Å²) in [5, 5.41) is 6.90. The number of anilines is 1. The number of rotatable bonds is 7. The standard InChI is InChI=1S/C18H20FN3O3/c1-12(21-15-7-5-14(19)6-8-15)18(23)22-20-11-13-4-9-16(24-2)10-17(13)25-3/h4-12,21H,1-3H3,(H,22,23). The maximum Gasteiger partial charge on any atom is 0.262 e. The van der Waals surface area contributed by atoms with Crippen LogP contribution in [0.1, 0.15) is 12.5 Å². The molecule has 6 nitrogen and oxygen atoms in total. The van der Waals surface area contributed by atoms with Crippen molar-refractivity contribution in [3.05, 3.63) is 53.8 Å². The molecule has 1 unspecified atom stereocenters. The van der Waals surface area contributed by atoms with Crippen LogP contribution in [0.5, 0.6) is 11.5 Å². The number of carbonyl (C=O) groups is 1. The number of carbonyl (C=O) groups excluding carboxylic acids is 1. The first-order chi connectivity index (χ1) is 12.0. The monoisotopic (exact) mass is 345 g/mol. The van der Waals surface area contributed by atoms with E-state index in [0.717, 1.165) is 0 Å². The van der Waals surface area contributed by atoms with Crippen molar-refractivity contribution in [2.24, 2.45) is 5.10 Å². The van der Waals surface area contributed by atoms with E-state index >= 15 is 0 Å². The zero-order valence-electron chi connectivity index (χ0n) is 14.2. The first kappa shape index (κ1) is 18.3. The second-order valence-corrected chi connectivity index (χ2v) is 5.22. The van der Waals surface area contributed by atoms with E-state index in [9.17, 15) is 9.18 Å². The van der Waals surface area contributed by atoms with Crippen molar-refractivity contribution >= 4 is 17.8 Å². The Morgan fingerprint density at radius 1 is 1.16 bits per heavy atom. The predicted molar refractivity (Wildman–Crippen MR) is 94.8 cm³/mol. The van der Waals surface area contributed by atoms with Crippen LogP contribution in [-0.4, -0.2) is 32.4 Å². The lowest BCUT2D eigenvalue weighted by Crippen LogP contribution is -2.34. The molecule has 0 saturated carbocycles. The fourth-order valence-corrected chi connectivity index (χ4v) is 2.05. The molecule has 2 rings (SSSR count). The van der Waals surface area contributed by atoms with Gasteiger partial charge in [-0.1, -0.05) is 0 Å². The maximum absolute atomic E-state index is 12.9. The molecule has 0 aromatic heterocycles. The Kier molecular flexibility index (Phi) is 6.33. The van der Waals surface area contributed by atoms with Crippen molar-refractivity contribution in [3.8, 4) is 11.5 Å². The van der Waals surface area contributed by atoms with Crippen LogP contribution in [0, 0.1) is 5.82 Å². The summed E-state index contributed by atoms with van der Waals surface area (Å²) in [4.78, 5) is 12.0. The van der Waals surface area contributed by atoms with Gasteiger partial charge >= 0.3 is 0 Å². The lowest BCUT2D eigenvalue weighted by atomic mass is 10.2. The molecular formula is C18H20FN3O3. The minimum Gasteiger partial charge on any atom is -0.497 e. The highest BCUT2D eigenvalue weighted by atomic mass is 19.1. The quantitative estimate of drug-likeness (QED) is 0.598. The highest BCUT2D eigenvalue weighted by Crippen LogP contribution is 2.22. The number of methoxy groups -OCH3 is 2. The van der Waals surface area contributed by atoms with Crippen molar-refractivity contribution in [3.63, 3.8) is 0 Å². The molecule has 0 aliphatic carbocycles. The molecule has 1 amide bonds. The Morgan fingerprint density at radius 2 is 1.88 bits per heavy atom. The van der Waals surface area contributed by atoms with Crippen LogP contribution >= 0.6 is 0 Å². The van der Waals surface area contributed by atoms with E-state index in [1.807, 2.05) is 0 Å². The van der Waals surface area contributed by atoms with E-state index in [0.29, 0.717) is 22.7 Å². The van der Waals surface area contributed by atoms with Gasteiger partial charge in [0.05, 0.1) is 20.4 Å². The van der Waals surface area contributed by atoms with Gasteiger partial charge in [-0.2, -0.15) is 5.10 Å². The third kappa shape index (κ3) is 5.20. The van der Waals surface area contributed by atoms with Gasteiger partial charge in [0.2, 0.25) is 0 Å². The van der Waals surface area contributed by atoms with Crippen molar-refractivity contribution in [1.29, 1.82) is 0 Å². The van der Waals surface area contributed by atoms with Crippen molar-refractivity contribution < 1.29 is 18.7 Å². The van der Waals surface area contributed by atoms with Gasteiger partial charge in [-0.05, 0) is 43.3 Å². The van der Waals surface area contributed by atoms with Gasteiger partial charge in [0.15, 0.2) is 0 Å². The van der Waals surface area contributed by atoms with Crippen LogP contribution in [0.3, 0.4) is 0 Å². The van der Waals surface area contributed by atoms with E-state index in [2.05, 4.69) is 15.8 Å². The van der Waals surface area contributed by atoms with E-state index in [1.165, 1.54) is 18.3 Å². The summed E-state index contributed by atoms with van der Waals surface area (Å²) >= 11 is 0. The fourth-order valence-electron chi connectivity index (χ4n) is 2.05. The first-order valence-corrected chi connectivity index (χ1v) is 7.60. The zero-order chi connectivity index (χ0) is 18.2. The number of ether oxygens (including phenoxy) is 2. The van der Waals surface area contributed by atoms with Crippen LogP contribution in [-0.2, 0) is 4.79 Å². The number of benzene rings is 2. The molecule has 132 valence electrons. The first-order valence-electron chi connectivity index (χ1n) is 7.60. The lowest BCUT2D eigenvalue weighted by molar-refractivity contribution is -0.121. The number of halogens is 1. The van der Waals surface area contributed by atoms with Gasteiger partial charge in [0.1, 0.15) is 23.4 Å². The average molecular weight is 345 g/mol. The minimum atomic E-state index is -0.541. The Balaban J connectivity index is 1.94. The Morgan fingerprint density at radius 3 is 2.52 bits per heavy atom. The smallest absolute Gasteiger partial charge is 0.262 e. The molecule has 7 heteroatoms. The molecule has 0 radical (unpaired) electrons. The summed E-state index contributed by atoms with van der Waals surface area (Å²) in [7, 11) is 3.11. The van der Waals surface area contributed by atoms with Crippen LogP contribution in [0.25, 0.3) is 0 Å². The van der Waals surface area contributed by atoms with Gasteiger partial charge < -0.3 is 14.8 Å². The third-order valence-corrected chi connectivity index (χ3v) is 3.44. The molecule has 25 heavy (non-hydrogen) atoms. The predicted octanol–water partition coefficient (Wildman–Crippen LogP) is 2.79. The van der Waals surface area contributed by atoms with E-state index in [1.54, 1.807) is 51.5 Å². The van der Waals surface area contributed by atoms with E-state index in [-0.39, 0.29) is 11.7 Å². The molecule has 0 spiro atoms. The normalized spacial score (nSPS) is 11.8. The van der Waals surface area contributed by atoms with Gasteiger partial charge in [0, 0.05) is 17.3 Å². The summed E-state index contributed by atoms with van der Waals surface area (Å²) in [6, 6.07) is 10.5. The van der Waals surface area contributed by atoms with Crippen molar-refractivity contribution in [2.75, 3.05) is 19.5 Å². The largest absolute Gasteiger partial charge is 0.497 e. The van der Waals surface area contributed by atoms with Crippen LogP contribution < -0.4 is 20.2 Å². The summed E-state index contributed by atoms with van der Waals surface area (Å²) in [6.07, 6.45) is 1.49. The number of nitrogens with zero attached hydrogens (tertiary/aromatic N) is 1. The molecule has 2 N–H and O–H groups in total. The summed E-state index contributed by atoms with van der Waals surface area (Å²) < 4.78 is 23.3. The molecule has 0 aliphatic heterocycles. The second-order valence-electron chi connectivity index (χ2n) is 5.22. The van der Waals surface area contributed by atoms with E-state index < -0.39 is 6.04 Å². The van der Waals surface area contributed by atoms with E-state index in [4.69, 9.17) is 9.47 Å². The Bertz CT molecular complexity index is 748. The topological polar surface area (TPSA) is 72.0 Å². The van der Waals surface area contributed by atoms with Gasteiger partial charge in [-0.3, -0.25) is 4.79 Å². The van der Waals surface area contributed by atoms with Crippen LogP contribution in [0.15, 0.2) is 47.6 Å². The zero-order valence-corrected chi connectivity index (χ0v) is 14.2. The summed E-state index contributed by atoms with van der Waals surface area (Å²) in [5.74, 6) is 0.582. The molecule has 0 bridgehead atoms. The highest BCUT2D eigenvalue weighted by Gasteiger charge is 2.11. The number of hydrogen-bond acceptors (Lipinski definition) is 5. The molecule has 2 aromatic carbocycles. The minimum absolute atomic E-state index is 0.326. The summed E-state index contributed by atoms with van der Waals surface area (Å²) in [6.45, 7) is 1.68. The van der Waals surface area contributed by atoms with Crippen LogP contribution in [0.4, 0.5) is 10.1 Å². The van der Waals surface area contributed by atoms with Crippen molar-refractivity contribution in [2.45, 2.75) is 13.0 Å². The molecule has 0 fully saturated rings. The number of hydrogen-bond donors (Lipinski definition) is 2. The highest BCUT2D eigenvalue weighted by molar-refractivity contribution is 5.87. The maximum atomic E-state index is 12.9. The van der Waals surface area contributed by atoms with Gasteiger partial charge in [-0.15, -0.1) is 0 Å². The molecule has 0 heterocycles. The number of nitrogens with one attached hydrogen (secondary N) is 2. The SMILES string of the molecule is COc1ccc(C=NNC(=O)C(C)Nc2ccc(F)cc2)c(OC)c1. The molecular weight excluding hydrogens is 325 g/mol.